The molecule has 0 aromatic heterocycles. The first-order chi connectivity index (χ1) is 10.1. The highest BCUT2D eigenvalue weighted by atomic mass is 32.2. The van der Waals surface area contributed by atoms with Crippen LogP contribution in [0.1, 0.15) is 18.6 Å². The zero-order valence-corrected chi connectivity index (χ0v) is 12.6. The summed E-state index contributed by atoms with van der Waals surface area (Å²) in [5, 5.41) is 20.1. The molecule has 0 saturated heterocycles. The highest BCUT2D eigenvalue weighted by Crippen LogP contribution is 2.25. The van der Waals surface area contributed by atoms with E-state index in [1.165, 1.54) is 6.92 Å². The van der Waals surface area contributed by atoms with Crippen molar-refractivity contribution < 1.29 is 15.0 Å². The number of aliphatic hydroxyl groups is 2. The molecule has 2 atom stereocenters. The van der Waals surface area contributed by atoms with Gasteiger partial charge in [-0.15, -0.1) is 0 Å². The van der Waals surface area contributed by atoms with Crippen molar-refractivity contribution in [2.75, 3.05) is 5.75 Å². The smallest absolute Gasteiger partial charge is 0.185 e. The van der Waals surface area contributed by atoms with Crippen molar-refractivity contribution in [3.05, 3.63) is 60.2 Å². The number of carbonyl (C=O) groups excluding carboxylic acids is 1. The fraction of sp³-hybridized carbons (Fsp3) is 0.235. The molecule has 0 radical (unpaired) electrons. The van der Waals surface area contributed by atoms with E-state index in [9.17, 15) is 15.0 Å². The Morgan fingerprint density at radius 3 is 2.38 bits per heavy atom. The molecule has 0 aliphatic carbocycles. The van der Waals surface area contributed by atoms with Crippen molar-refractivity contribution in [3.8, 4) is 11.1 Å². The fourth-order valence-corrected chi connectivity index (χ4v) is 2.64. The number of benzene rings is 2. The molecule has 0 aliphatic heterocycles. The van der Waals surface area contributed by atoms with Crippen LogP contribution in [0, 0.1) is 0 Å². The van der Waals surface area contributed by atoms with Crippen LogP contribution in [0.15, 0.2) is 54.6 Å². The molecule has 2 rings (SSSR count). The van der Waals surface area contributed by atoms with Gasteiger partial charge in [-0.2, -0.15) is 0 Å². The SMILES string of the molecule is CC(=O)SCC(O)C(O)c1cccc(-c2ccccc2)c1. The summed E-state index contributed by atoms with van der Waals surface area (Å²) < 4.78 is 0. The number of rotatable bonds is 5. The molecule has 21 heavy (non-hydrogen) atoms. The molecule has 2 aromatic rings. The van der Waals surface area contributed by atoms with Crippen LogP contribution < -0.4 is 0 Å². The Morgan fingerprint density at radius 1 is 1.05 bits per heavy atom. The molecule has 0 spiro atoms. The van der Waals surface area contributed by atoms with Gasteiger partial charge in [0.25, 0.3) is 0 Å². The van der Waals surface area contributed by atoms with Crippen molar-refractivity contribution in [1.29, 1.82) is 0 Å². The molecule has 110 valence electrons. The predicted molar refractivity (Wildman–Crippen MR) is 86.0 cm³/mol. The van der Waals surface area contributed by atoms with Gasteiger partial charge in [0.15, 0.2) is 5.12 Å². The largest absolute Gasteiger partial charge is 0.389 e. The lowest BCUT2D eigenvalue weighted by Crippen LogP contribution is -2.21. The summed E-state index contributed by atoms with van der Waals surface area (Å²) >= 11 is 1.01. The molecular weight excluding hydrogens is 284 g/mol. The van der Waals surface area contributed by atoms with Crippen molar-refractivity contribution in [2.24, 2.45) is 0 Å². The van der Waals surface area contributed by atoms with Crippen molar-refractivity contribution in [3.63, 3.8) is 0 Å². The van der Waals surface area contributed by atoms with Gasteiger partial charge in [-0.1, -0.05) is 60.3 Å². The molecule has 0 bridgehead atoms. The summed E-state index contributed by atoms with van der Waals surface area (Å²) in [6.45, 7) is 1.44. The Hall–Kier alpha value is -1.62. The highest BCUT2D eigenvalue weighted by Gasteiger charge is 2.19. The van der Waals surface area contributed by atoms with E-state index in [4.69, 9.17) is 0 Å². The maximum atomic E-state index is 10.9. The molecule has 0 heterocycles. The average molecular weight is 302 g/mol. The topological polar surface area (TPSA) is 57.5 Å². The van der Waals surface area contributed by atoms with E-state index >= 15 is 0 Å². The van der Waals surface area contributed by atoms with Crippen molar-refractivity contribution in [1.82, 2.24) is 0 Å². The van der Waals surface area contributed by atoms with Crippen molar-refractivity contribution >= 4 is 16.9 Å². The number of hydrogen-bond donors (Lipinski definition) is 2. The van der Waals surface area contributed by atoms with Crippen LogP contribution in [-0.4, -0.2) is 27.2 Å². The Labute approximate surface area is 128 Å². The summed E-state index contributed by atoms with van der Waals surface area (Å²) in [6, 6.07) is 17.3. The van der Waals surface area contributed by atoms with Crippen LogP contribution >= 0.6 is 11.8 Å². The van der Waals surface area contributed by atoms with E-state index in [0.29, 0.717) is 5.56 Å². The predicted octanol–water partition coefficient (Wildman–Crippen LogP) is 3.03. The maximum Gasteiger partial charge on any atom is 0.185 e. The Balaban J connectivity index is 2.15. The van der Waals surface area contributed by atoms with E-state index in [1.54, 1.807) is 6.07 Å². The monoisotopic (exact) mass is 302 g/mol. The first-order valence-electron chi connectivity index (χ1n) is 6.73. The Bertz CT molecular complexity index is 598. The van der Waals surface area contributed by atoms with Gasteiger partial charge in [-0.3, -0.25) is 4.79 Å². The zero-order valence-electron chi connectivity index (χ0n) is 11.8. The molecule has 0 fully saturated rings. The normalized spacial score (nSPS) is 13.7. The highest BCUT2D eigenvalue weighted by molar-refractivity contribution is 8.13. The molecule has 0 amide bonds. The Kier molecular flexibility index (Phi) is 5.56. The number of thioether (sulfide) groups is 1. The van der Waals surface area contributed by atoms with Crippen LogP contribution in [0.25, 0.3) is 11.1 Å². The molecular formula is C17H18O3S. The zero-order chi connectivity index (χ0) is 15.2. The third kappa shape index (κ3) is 4.43. The lowest BCUT2D eigenvalue weighted by atomic mass is 9.99. The van der Waals surface area contributed by atoms with Crippen LogP contribution in [0.5, 0.6) is 0 Å². The second-order valence-electron chi connectivity index (χ2n) is 4.81. The molecule has 0 aliphatic rings. The lowest BCUT2D eigenvalue weighted by Gasteiger charge is -2.18. The van der Waals surface area contributed by atoms with Crippen LogP contribution in [0.4, 0.5) is 0 Å². The quantitative estimate of drug-likeness (QED) is 0.891. The third-order valence-electron chi connectivity index (χ3n) is 3.16. The van der Waals surface area contributed by atoms with Crippen LogP contribution in [0.2, 0.25) is 0 Å². The van der Waals surface area contributed by atoms with Gasteiger partial charge in [0.1, 0.15) is 6.10 Å². The Morgan fingerprint density at radius 2 is 1.71 bits per heavy atom. The van der Waals surface area contributed by atoms with Gasteiger partial charge in [-0.05, 0) is 22.8 Å². The van der Waals surface area contributed by atoms with Gasteiger partial charge in [0.2, 0.25) is 0 Å². The summed E-state index contributed by atoms with van der Waals surface area (Å²) in [5.41, 5.74) is 2.69. The van der Waals surface area contributed by atoms with Crippen molar-refractivity contribution in [2.45, 2.75) is 19.1 Å². The second-order valence-corrected chi connectivity index (χ2v) is 6.00. The van der Waals surface area contributed by atoms with Gasteiger partial charge >= 0.3 is 0 Å². The molecule has 2 aromatic carbocycles. The minimum atomic E-state index is -1.000. The summed E-state index contributed by atoms with van der Waals surface area (Å²) in [4.78, 5) is 10.9. The fourth-order valence-electron chi connectivity index (χ4n) is 2.05. The molecule has 3 nitrogen and oxygen atoms in total. The van der Waals surface area contributed by atoms with E-state index < -0.39 is 12.2 Å². The maximum absolute atomic E-state index is 10.9. The summed E-state index contributed by atoms with van der Waals surface area (Å²) in [5.74, 6) is 0.187. The van der Waals surface area contributed by atoms with Gasteiger partial charge in [0, 0.05) is 12.7 Å². The molecule has 2 N–H and O–H groups in total. The first kappa shape index (κ1) is 15.8. The van der Waals surface area contributed by atoms with E-state index in [1.807, 2.05) is 48.5 Å². The lowest BCUT2D eigenvalue weighted by molar-refractivity contribution is -0.109. The summed E-state index contributed by atoms with van der Waals surface area (Å²) in [7, 11) is 0. The van der Waals surface area contributed by atoms with E-state index in [-0.39, 0.29) is 10.9 Å². The van der Waals surface area contributed by atoms with E-state index in [2.05, 4.69) is 0 Å². The molecule has 0 saturated carbocycles. The van der Waals surface area contributed by atoms with E-state index in [0.717, 1.165) is 22.9 Å². The van der Waals surface area contributed by atoms with Crippen LogP contribution in [0.3, 0.4) is 0 Å². The minimum Gasteiger partial charge on any atom is -0.389 e. The minimum absolute atomic E-state index is 0.0701. The number of aliphatic hydroxyl groups excluding tert-OH is 2. The molecule has 2 unspecified atom stereocenters. The molecule has 4 heteroatoms. The van der Waals surface area contributed by atoms with Crippen LogP contribution in [-0.2, 0) is 4.79 Å². The number of carbonyl (C=O) groups is 1. The van der Waals surface area contributed by atoms with Gasteiger partial charge in [-0.25, -0.2) is 0 Å². The second kappa shape index (κ2) is 7.41. The average Bonchev–Trinajstić information content (AvgIpc) is 2.52. The van der Waals surface area contributed by atoms with Gasteiger partial charge in [0.05, 0.1) is 6.10 Å². The number of hydrogen-bond acceptors (Lipinski definition) is 4. The standard InChI is InChI=1S/C17H18O3S/c1-12(18)21-11-16(19)17(20)15-9-5-8-14(10-15)13-6-3-2-4-7-13/h2-10,16-17,19-20H,11H2,1H3. The van der Waals surface area contributed by atoms with Gasteiger partial charge < -0.3 is 10.2 Å². The summed E-state index contributed by atoms with van der Waals surface area (Å²) in [6.07, 6.45) is -1.97. The first-order valence-corrected chi connectivity index (χ1v) is 7.71. The third-order valence-corrected chi connectivity index (χ3v) is 4.07.